The standard InChI is InChI=1S/C20H38N2/c1-16(2)18(5)14-21-10-6-19(7-11-21)15-22-12-8-20(9-13-22)17(3)4/h16-17,19-20H,5-15H2,1-4H3. The van der Waals surface area contributed by atoms with Crippen LogP contribution < -0.4 is 0 Å². The van der Waals surface area contributed by atoms with Gasteiger partial charge in [0, 0.05) is 13.1 Å². The van der Waals surface area contributed by atoms with E-state index in [9.17, 15) is 0 Å². The van der Waals surface area contributed by atoms with Crippen molar-refractivity contribution < 1.29 is 0 Å². The number of likely N-dealkylation sites (tertiary alicyclic amines) is 2. The summed E-state index contributed by atoms with van der Waals surface area (Å²) >= 11 is 0. The van der Waals surface area contributed by atoms with Crippen molar-refractivity contribution in [3.63, 3.8) is 0 Å². The molecule has 0 spiro atoms. The molecule has 2 heteroatoms. The van der Waals surface area contributed by atoms with Gasteiger partial charge in [0.2, 0.25) is 0 Å². The Bertz CT molecular complexity index is 332. The molecule has 2 rings (SSSR count). The highest BCUT2D eigenvalue weighted by atomic mass is 15.2. The molecule has 0 unspecified atom stereocenters. The van der Waals surface area contributed by atoms with E-state index in [1.165, 1.54) is 64.0 Å². The zero-order valence-electron chi connectivity index (χ0n) is 15.5. The Hall–Kier alpha value is -0.340. The van der Waals surface area contributed by atoms with Crippen LogP contribution in [0.5, 0.6) is 0 Å². The molecule has 2 fully saturated rings. The maximum atomic E-state index is 4.23. The molecule has 2 aliphatic heterocycles. The van der Waals surface area contributed by atoms with E-state index in [1.807, 2.05) is 0 Å². The highest BCUT2D eigenvalue weighted by Crippen LogP contribution is 2.26. The molecular formula is C20H38N2. The lowest BCUT2D eigenvalue weighted by atomic mass is 9.86. The Balaban J connectivity index is 1.65. The average molecular weight is 307 g/mol. The molecule has 0 aliphatic carbocycles. The summed E-state index contributed by atoms with van der Waals surface area (Å²) in [5.41, 5.74) is 1.40. The maximum absolute atomic E-state index is 4.23. The Morgan fingerprint density at radius 2 is 1.45 bits per heavy atom. The van der Waals surface area contributed by atoms with Crippen LogP contribution in [0, 0.1) is 23.7 Å². The number of piperidine rings is 2. The van der Waals surface area contributed by atoms with Crippen molar-refractivity contribution in [3.8, 4) is 0 Å². The summed E-state index contributed by atoms with van der Waals surface area (Å²) < 4.78 is 0. The van der Waals surface area contributed by atoms with E-state index >= 15 is 0 Å². The van der Waals surface area contributed by atoms with Gasteiger partial charge in [0.15, 0.2) is 0 Å². The molecular weight excluding hydrogens is 268 g/mol. The zero-order valence-corrected chi connectivity index (χ0v) is 15.5. The normalized spacial score (nSPS) is 23.5. The molecule has 0 bridgehead atoms. The van der Waals surface area contributed by atoms with Gasteiger partial charge < -0.3 is 4.90 Å². The molecule has 2 nitrogen and oxygen atoms in total. The van der Waals surface area contributed by atoms with Crippen molar-refractivity contribution in [2.75, 3.05) is 39.3 Å². The second kappa shape index (κ2) is 8.49. The molecule has 2 heterocycles. The van der Waals surface area contributed by atoms with Crippen molar-refractivity contribution in [1.82, 2.24) is 9.80 Å². The summed E-state index contributed by atoms with van der Waals surface area (Å²) in [6, 6.07) is 0. The molecule has 128 valence electrons. The first-order valence-electron chi connectivity index (χ1n) is 9.58. The monoisotopic (exact) mass is 306 g/mol. The van der Waals surface area contributed by atoms with Crippen LogP contribution in [0.4, 0.5) is 0 Å². The zero-order chi connectivity index (χ0) is 16.1. The summed E-state index contributed by atoms with van der Waals surface area (Å²) in [7, 11) is 0. The summed E-state index contributed by atoms with van der Waals surface area (Å²) in [4.78, 5) is 5.36. The van der Waals surface area contributed by atoms with E-state index in [0.717, 1.165) is 24.3 Å². The van der Waals surface area contributed by atoms with E-state index in [4.69, 9.17) is 0 Å². The molecule has 0 radical (unpaired) electrons. The lowest BCUT2D eigenvalue weighted by molar-refractivity contribution is 0.110. The van der Waals surface area contributed by atoms with Crippen LogP contribution in [-0.4, -0.2) is 49.1 Å². The van der Waals surface area contributed by atoms with Gasteiger partial charge in [-0.1, -0.05) is 39.8 Å². The number of rotatable bonds is 6. The van der Waals surface area contributed by atoms with Crippen LogP contribution in [0.15, 0.2) is 12.2 Å². The van der Waals surface area contributed by atoms with Gasteiger partial charge in [0.05, 0.1) is 0 Å². The van der Waals surface area contributed by atoms with Gasteiger partial charge in [-0.3, -0.25) is 4.90 Å². The molecule has 0 aromatic heterocycles. The van der Waals surface area contributed by atoms with Crippen molar-refractivity contribution in [2.45, 2.75) is 53.4 Å². The van der Waals surface area contributed by atoms with Crippen LogP contribution in [0.2, 0.25) is 0 Å². The molecule has 0 atom stereocenters. The van der Waals surface area contributed by atoms with Gasteiger partial charge >= 0.3 is 0 Å². The summed E-state index contributed by atoms with van der Waals surface area (Å²) in [6.07, 6.45) is 5.61. The van der Waals surface area contributed by atoms with Crippen LogP contribution in [0.25, 0.3) is 0 Å². The second-order valence-corrected chi connectivity index (χ2v) is 8.41. The quantitative estimate of drug-likeness (QED) is 0.676. The number of nitrogens with zero attached hydrogens (tertiary/aromatic N) is 2. The molecule has 0 N–H and O–H groups in total. The summed E-state index contributed by atoms with van der Waals surface area (Å²) in [5.74, 6) is 3.40. The van der Waals surface area contributed by atoms with Crippen LogP contribution >= 0.6 is 0 Å². The number of hydrogen-bond donors (Lipinski definition) is 0. The summed E-state index contributed by atoms with van der Waals surface area (Å²) in [6.45, 7) is 21.2. The predicted octanol–water partition coefficient (Wildman–Crippen LogP) is 4.28. The van der Waals surface area contributed by atoms with Crippen molar-refractivity contribution in [2.24, 2.45) is 23.7 Å². The van der Waals surface area contributed by atoms with E-state index in [2.05, 4.69) is 44.1 Å². The van der Waals surface area contributed by atoms with E-state index in [1.54, 1.807) is 0 Å². The van der Waals surface area contributed by atoms with Gasteiger partial charge in [-0.25, -0.2) is 0 Å². The first-order valence-corrected chi connectivity index (χ1v) is 9.58. The third-order valence-electron chi connectivity index (χ3n) is 6.04. The maximum Gasteiger partial charge on any atom is 0.0192 e. The molecule has 2 saturated heterocycles. The molecule has 2 aliphatic rings. The fraction of sp³-hybridized carbons (Fsp3) is 0.900. The van der Waals surface area contributed by atoms with Crippen molar-refractivity contribution in [3.05, 3.63) is 12.2 Å². The minimum atomic E-state index is 0.625. The van der Waals surface area contributed by atoms with Crippen LogP contribution in [0.1, 0.15) is 53.4 Å². The smallest absolute Gasteiger partial charge is 0.0192 e. The topological polar surface area (TPSA) is 6.48 Å². The Labute approximate surface area is 138 Å². The summed E-state index contributed by atoms with van der Waals surface area (Å²) in [5, 5.41) is 0. The lowest BCUT2D eigenvalue weighted by Crippen LogP contribution is -2.42. The third-order valence-corrected chi connectivity index (χ3v) is 6.04. The van der Waals surface area contributed by atoms with E-state index in [0.29, 0.717) is 5.92 Å². The average Bonchev–Trinajstić information content (AvgIpc) is 2.49. The van der Waals surface area contributed by atoms with Gasteiger partial charge in [-0.2, -0.15) is 0 Å². The van der Waals surface area contributed by atoms with Crippen molar-refractivity contribution in [1.29, 1.82) is 0 Å². The van der Waals surface area contributed by atoms with E-state index < -0.39 is 0 Å². The molecule has 0 amide bonds. The second-order valence-electron chi connectivity index (χ2n) is 8.41. The first-order chi connectivity index (χ1) is 10.5. The van der Waals surface area contributed by atoms with Crippen LogP contribution in [0.3, 0.4) is 0 Å². The molecule has 22 heavy (non-hydrogen) atoms. The molecule has 0 aromatic carbocycles. The molecule has 0 saturated carbocycles. The predicted molar refractivity (Wildman–Crippen MR) is 97.1 cm³/mol. The third kappa shape index (κ3) is 5.38. The minimum Gasteiger partial charge on any atom is -0.303 e. The van der Waals surface area contributed by atoms with Crippen LogP contribution in [-0.2, 0) is 0 Å². The minimum absolute atomic E-state index is 0.625. The highest BCUT2D eigenvalue weighted by molar-refractivity contribution is 5.00. The Morgan fingerprint density at radius 3 is 1.95 bits per heavy atom. The number of hydrogen-bond acceptors (Lipinski definition) is 2. The highest BCUT2D eigenvalue weighted by Gasteiger charge is 2.25. The lowest BCUT2D eigenvalue weighted by Gasteiger charge is -2.38. The van der Waals surface area contributed by atoms with Gasteiger partial charge in [0.25, 0.3) is 0 Å². The van der Waals surface area contributed by atoms with E-state index in [-0.39, 0.29) is 0 Å². The van der Waals surface area contributed by atoms with Gasteiger partial charge in [-0.15, -0.1) is 0 Å². The first kappa shape index (κ1) is 18.0. The van der Waals surface area contributed by atoms with Crippen molar-refractivity contribution >= 4 is 0 Å². The Morgan fingerprint density at radius 1 is 0.909 bits per heavy atom. The fourth-order valence-electron chi connectivity index (χ4n) is 3.96. The van der Waals surface area contributed by atoms with Gasteiger partial charge in [0.1, 0.15) is 0 Å². The largest absolute Gasteiger partial charge is 0.303 e. The fourth-order valence-corrected chi connectivity index (χ4v) is 3.96. The van der Waals surface area contributed by atoms with Gasteiger partial charge in [-0.05, 0) is 75.5 Å². The SMILES string of the molecule is C=C(CN1CCC(CN2CCC(C(C)C)CC2)CC1)C(C)C. The Kier molecular flexibility index (Phi) is 6.95. The molecule has 0 aromatic rings.